The average molecular weight is 389 g/mol. The number of nitrogens with one attached hydrogen (secondary N) is 2. The van der Waals surface area contributed by atoms with Crippen molar-refractivity contribution in [2.24, 2.45) is 5.92 Å². The molecule has 1 aromatic heterocycles. The Labute approximate surface area is 165 Å². The minimum Gasteiger partial charge on any atom is -0.497 e. The molecule has 27 heavy (non-hydrogen) atoms. The van der Waals surface area contributed by atoms with E-state index in [4.69, 9.17) is 4.74 Å². The molecule has 0 radical (unpaired) electrons. The summed E-state index contributed by atoms with van der Waals surface area (Å²) in [6.45, 7) is 5.85. The predicted octanol–water partition coefficient (Wildman–Crippen LogP) is 3.65. The summed E-state index contributed by atoms with van der Waals surface area (Å²) in [5.41, 5.74) is 1.20. The fourth-order valence-corrected chi connectivity index (χ4v) is 3.36. The van der Waals surface area contributed by atoms with Gasteiger partial charge in [-0.15, -0.1) is 11.3 Å². The van der Waals surface area contributed by atoms with E-state index in [9.17, 15) is 9.59 Å². The zero-order valence-corrected chi connectivity index (χ0v) is 17.1. The molecular formula is C21H28N2O3S. The predicted molar refractivity (Wildman–Crippen MR) is 109 cm³/mol. The van der Waals surface area contributed by atoms with Crippen LogP contribution in [-0.4, -0.2) is 31.0 Å². The summed E-state index contributed by atoms with van der Waals surface area (Å²) in [4.78, 5) is 25.6. The molecule has 146 valence electrons. The first kappa shape index (κ1) is 21.0. The molecule has 0 saturated heterocycles. The lowest BCUT2D eigenvalue weighted by Crippen LogP contribution is -2.51. The Kier molecular flexibility index (Phi) is 7.85. The van der Waals surface area contributed by atoms with Gasteiger partial charge in [-0.3, -0.25) is 9.59 Å². The van der Waals surface area contributed by atoms with E-state index in [1.807, 2.05) is 56.5 Å². The van der Waals surface area contributed by atoms with Gasteiger partial charge in [-0.2, -0.15) is 0 Å². The summed E-state index contributed by atoms with van der Waals surface area (Å²) in [5.74, 6) is 0.492. The van der Waals surface area contributed by atoms with Crippen molar-refractivity contribution in [2.45, 2.75) is 45.7 Å². The molecule has 1 aromatic carbocycles. The minimum atomic E-state index is -0.553. The Hall–Kier alpha value is -2.34. The summed E-state index contributed by atoms with van der Waals surface area (Å²) < 4.78 is 5.16. The fourth-order valence-electron chi connectivity index (χ4n) is 2.74. The van der Waals surface area contributed by atoms with E-state index in [0.717, 1.165) is 18.6 Å². The van der Waals surface area contributed by atoms with E-state index in [1.165, 1.54) is 16.9 Å². The maximum atomic E-state index is 12.7. The third kappa shape index (κ3) is 6.40. The van der Waals surface area contributed by atoms with Gasteiger partial charge in [0.05, 0.1) is 12.0 Å². The van der Waals surface area contributed by atoms with Crippen LogP contribution in [-0.2, 0) is 11.2 Å². The maximum Gasteiger partial charge on any atom is 0.262 e. The number of rotatable bonds is 9. The minimum absolute atomic E-state index is 0.00250. The molecule has 2 aromatic rings. The maximum absolute atomic E-state index is 12.7. The SMILES string of the molecule is COc1ccc(CCC(C)NC(=O)C(NC(=O)c2cccs2)C(C)C)cc1. The van der Waals surface area contributed by atoms with E-state index in [-0.39, 0.29) is 23.8 Å². The number of hydrogen-bond acceptors (Lipinski definition) is 4. The van der Waals surface area contributed by atoms with Crippen molar-refractivity contribution in [3.63, 3.8) is 0 Å². The van der Waals surface area contributed by atoms with Crippen LogP contribution < -0.4 is 15.4 Å². The Morgan fingerprint density at radius 3 is 2.33 bits per heavy atom. The normalized spacial score (nSPS) is 13.1. The number of carbonyl (C=O) groups is 2. The number of thiophene rings is 1. The highest BCUT2D eigenvalue weighted by molar-refractivity contribution is 7.12. The van der Waals surface area contributed by atoms with Crippen molar-refractivity contribution in [1.82, 2.24) is 10.6 Å². The van der Waals surface area contributed by atoms with Crippen molar-refractivity contribution in [1.29, 1.82) is 0 Å². The van der Waals surface area contributed by atoms with Crippen molar-refractivity contribution >= 4 is 23.2 Å². The van der Waals surface area contributed by atoms with E-state index in [2.05, 4.69) is 10.6 Å². The molecule has 0 saturated carbocycles. The van der Waals surface area contributed by atoms with Crippen LogP contribution in [0.2, 0.25) is 0 Å². The van der Waals surface area contributed by atoms with Gasteiger partial charge in [-0.25, -0.2) is 0 Å². The Bertz CT molecular complexity index is 726. The molecule has 0 bridgehead atoms. The molecule has 0 fully saturated rings. The monoisotopic (exact) mass is 388 g/mol. The smallest absolute Gasteiger partial charge is 0.262 e. The Balaban J connectivity index is 1.86. The standard InChI is InChI=1S/C21H28N2O3S/c1-14(2)19(23-20(24)18-6-5-13-27-18)21(25)22-15(3)7-8-16-9-11-17(26-4)12-10-16/h5-6,9-15,19H,7-8H2,1-4H3,(H,22,25)(H,23,24). The molecule has 0 aliphatic carbocycles. The number of benzene rings is 1. The second-order valence-corrected chi connectivity index (χ2v) is 7.92. The van der Waals surface area contributed by atoms with E-state index in [1.54, 1.807) is 13.2 Å². The van der Waals surface area contributed by atoms with Crippen LogP contribution in [0.4, 0.5) is 0 Å². The second-order valence-electron chi connectivity index (χ2n) is 6.97. The summed E-state index contributed by atoms with van der Waals surface area (Å²) >= 11 is 1.37. The van der Waals surface area contributed by atoms with Gasteiger partial charge < -0.3 is 15.4 Å². The van der Waals surface area contributed by atoms with Crippen LogP contribution >= 0.6 is 11.3 Å². The second kappa shape index (κ2) is 10.1. The van der Waals surface area contributed by atoms with Crippen LogP contribution in [0, 0.1) is 5.92 Å². The van der Waals surface area contributed by atoms with Crippen LogP contribution in [0.3, 0.4) is 0 Å². The van der Waals surface area contributed by atoms with Crippen LogP contribution in [0.5, 0.6) is 5.75 Å². The molecule has 2 unspecified atom stereocenters. The van der Waals surface area contributed by atoms with Gasteiger partial charge >= 0.3 is 0 Å². The van der Waals surface area contributed by atoms with Crippen molar-refractivity contribution < 1.29 is 14.3 Å². The number of hydrogen-bond donors (Lipinski definition) is 2. The highest BCUT2D eigenvalue weighted by atomic mass is 32.1. The zero-order chi connectivity index (χ0) is 19.8. The lowest BCUT2D eigenvalue weighted by molar-refractivity contribution is -0.124. The van der Waals surface area contributed by atoms with Gasteiger partial charge in [-0.05, 0) is 54.8 Å². The first-order valence-corrected chi connectivity index (χ1v) is 10.1. The Morgan fingerprint density at radius 1 is 1.07 bits per heavy atom. The largest absolute Gasteiger partial charge is 0.497 e. The van der Waals surface area contributed by atoms with Gasteiger partial charge in [0, 0.05) is 6.04 Å². The molecule has 0 aliphatic heterocycles. The third-order valence-electron chi connectivity index (χ3n) is 4.39. The number of ether oxygens (including phenoxy) is 1. The highest BCUT2D eigenvalue weighted by Gasteiger charge is 2.25. The number of carbonyl (C=O) groups excluding carboxylic acids is 2. The molecule has 2 amide bonds. The topological polar surface area (TPSA) is 67.4 Å². The van der Waals surface area contributed by atoms with Crippen LogP contribution in [0.25, 0.3) is 0 Å². The molecule has 5 nitrogen and oxygen atoms in total. The first-order chi connectivity index (χ1) is 12.9. The van der Waals surface area contributed by atoms with Gasteiger partial charge in [-0.1, -0.05) is 32.0 Å². The lowest BCUT2D eigenvalue weighted by Gasteiger charge is -2.24. The van der Waals surface area contributed by atoms with Gasteiger partial charge in [0.2, 0.25) is 5.91 Å². The van der Waals surface area contributed by atoms with Crippen LogP contribution in [0.15, 0.2) is 41.8 Å². The van der Waals surface area contributed by atoms with E-state index in [0.29, 0.717) is 4.88 Å². The van der Waals surface area contributed by atoms with Gasteiger partial charge in [0.15, 0.2) is 0 Å². The fraction of sp³-hybridized carbons (Fsp3) is 0.429. The summed E-state index contributed by atoms with van der Waals surface area (Å²) in [6.07, 6.45) is 1.68. The Morgan fingerprint density at radius 2 is 1.78 bits per heavy atom. The molecular weight excluding hydrogens is 360 g/mol. The zero-order valence-electron chi connectivity index (χ0n) is 16.3. The van der Waals surface area contributed by atoms with Crippen molar-refractivity contribution in [3.05, 3.63) is 52.2 Å². The van der Waals surface area contributed by atoms with Gasteiger partial charge in [0.25, 0.3) is 5.91 Å². The third-order valence-corrected chi connectivity index (χ3v) is 5.26. The van der Waals surface area contributed by atoms with Crippen molar-refractivity contribution in [2.75, 3.05) is 7.11 Å². The van der Waals surface area contributed by atoms with Crippen molar-refractivity contribution in [3.8, 4) is 5.75 Å². The molecule has 1 heterocycles. The highest BCUT2D eigenvalue weighted by Crippen LogP contribution is 2.14. The van der Waals surface area contributed by atoms with E-state index < -0.39 is 6.04 Å². The number of methoxy groups -OCH3 is 1. The lowest BCUT2D eigenvalue weighted by atomic mass is 10.0. The molecule has 2 N–H and O–H groups in total. The first-order valence-electron chi connectivity index (χ1n) is 9.18. The molecule has 2 atom stereocenters. The number of amides is 2. The quantitative estimate of drug-likeness (QED) is 0.689. The summed E-state index contributed by atoms with van der Waals surface area (Å²) in [6, 6.07) is 11.0. The molecule has 2 rings (SSSR count). The summed E-state index contributed by atoms with van der Waals surface area (Å²) in [5, 5.41) is 7.73. The van der Waals surface area contributed by atoms with Crippen LogP contribution in [0.1, 0.15) is 42.4 Å². The molecule has 0 spiro atoms. The molecule has 0 aliphatic rings. The number of aryl methyl sites for hydroxylation is 1. The van der Waals surface area contributed by atoms with E-state index >= 15 is 0 Å². The summed E-state index contributed by atoms with van der Waals surface area (Å²) in [7, 11) is 1.65. The average Bonchev–Trinajstić information content (AvgIpc) is 3.19. The van der Waals surface area contributed by atoms with Gasteiger partial charge in [0.1, 0.15) is 11.8 Å². The molecule has 6 heteroatoms.